The zero-order valence-corrected chi connectivity index (χ0v) is 22.2. The molecule has 1 N–H and O–H groups in total. The van der Waals surface area contributed by atoms with E-state index in [-0.39, 0.29) is 42.6 Å². The molecule has 0 fully saturated rings. The van der Waals surface area contributed by atoms with Crippen LogP contribution >= 0.6 is 23.2 Å². The maximum atomic E-state index is 13.8. The molecule has 0 heterocycles. The molecular formula is C28H29Cl2N3O4. The van der Waals surface area contributed by atoms with Crippen LogP contribution in [0.3, 0.4) is 0 Å². The van der Waals surface area contributed by atoms with Crippen molar-refractivity contribution in [2.45, 2.75) is 51.7 Å². The number of benzene rings is 3. The second kappa shape index (κ2) is 13.2. The minimum atomic E-state index is -0.904. The van der Waals surface area contributed by atoms with Gasteiger partial charge >= 0.3 is 0 Å². The van der Waals surface area contributed by atoms with Gasteiger partial charge in [-0.1, -0.05) is 84.7 Å². The van der Waals surface area contributed by atoms with Gasteiger partial charge in [0.2, 0.25) is 11.8 Å². The van der Waals surface area contributed by atoms with E-state index in [0.29, 0.717) is 22.0 Å². The van der Waals surface area contributed by atoms with Crippen molar-refractivity contribution in [1.29, 1.82) is 0 Å². The van der Waals surface area contributed by atoms with Crippen LogP contribution in [0.1, 0.15) is 37.0 Å². The van der Waals surface area contributed by atoms with Gasteiger partial charge < -0.3 is 10.2 Å². The molecule has 37 heavy (non-hydrogen) atoms. The summed E-state index contributed by atoms with van der Waals surface area (Å²) in [6.45, 7) is 3.81. The first-order valence-corrected chi connectivity index (χ1v) is 12.8. The number of para-hydroxylation sites is 1. The second-order valence-corrected chi connectivity index (χ2v) is 9.62. The van der Waals surface area contributed by atoms with Crippen molar-refractivity contribution in [3.05, 3.63) is 110 Å². The summed E-state index contributed by atoms with van der Waals surface area (Å²) < 4.78 is 0. The fraction of sp³-hybridized carbons (Fsp3) is 0.286. The summed E-state index contributed by atoms with van der Waals surface area (Å²) in [6, 6.07) is 19.5. The van der Waals surface area contributed by atoms with Gasteiger partial charge in [0.1, 0.15) is 6.04 Å². The molecule has 7 nitrogen and oxygen atoms in total. The lowest BCUT2D eigenvalue weighted by Crippen LogP contribution is -2.52. The molecule has 0 radical (unpaired) electrons. The van der Waals surface area contributed by atoms with Gasteiger partial charge in [0.05, 0.1) is 11.3 Å². The first-order valence-electron chi connectivity index (χ1n) is 12.0. The van der Waals surface area contributed by atoms with Gasteiger partial charge in [-0.15, -0.1) is 0 Å². The maximum absolute atomic E-state index is 13.8. The van der Waals surface area contributed by atoms with Crippen LogP contribution in [0, 0.1) is 10.1 Å². The molecule has 2 atom stereocenters. The molecule has 0 aromatic heterocycles. The number of nitro groups is 1. The monoisotopic (exact) mass is 541 g/mol. The van der Waals surface area contributed by atoms with Crippen molar-refractivity contribution >= 4 is 40.7 Å². The molecule has 9 heteroatoms. The van der Waals surface area contributed by atoms with Crippen LogP contribution in [-0.4, -0.2) is 33.7 Å². The molecule has 3 aromatic rings. The Bertz CT molecular complexity index is 1230. The number of halogens is 2. The molecule has 0 aliphatic heterocycles. The molecular weight excluding hydrogens is 513 g/mol. The average molecular weight is 542 g/mol. The van der Waals surface area contributed by atoms with Crippen LogP contribution in [0.4, 0.5) is 5.69 Å². The Morgan fingerprint density at radius 3 is 2.22 bits per heavy atom. The standard InChI is InChI=1S/C28H29Cl2N3O4/c1-3-19(2)31-28(35)26(16-20-10-5-4-6-11-20)32(18-22-23(29)13-9-14-24(22)30)27(34)17-21-12-7-8-15-25(21)33(36)37/h4-15,19,26H,3,16-18H2,1-2H3,(H,31,35)/t19-,26+/m0/s1. The van der Waals surface area contributed by atoms with E-state index in [0.717, 1.165) is 5.56 Å². The number of nitrogens with one attached hydrogen (secondary N) is 1. The summed E-state index contributed by atoms with van der Waals surface area (Å²) in [5.74, 6) is -0.775. The predicted octanol–water partition coefficient (Wildman–Crippen LogP) is 6.00. The van der Waals surface area contributed by atoms with E-state index in [1.807, 2.05) is 44.2 Å². The summed E-state index contributed by atoms with van der Waals surface area (Å²) in [7, 11) is 0. The van der Waals surface area contributed by atoms with Gasteiger partial charge in [-0.05, 0) is 31.0 Å². The van der Waals surface area contributed by atoms with E-state index in [2.05, 4.69) is 5.32 Å². The lowest BCUT2D eigenvalue weighted by Gasteiger charge is -2.33. The van der Waals surface area contributed by atoms with Crippen molar-refractivity contribution in [2.24, 2.45) is 0 Å². The quantitative estimate of drug-likeness (QED) is 0.238. The zero-order valence-electron chi connectivity index (χ0n) is 20.7. The summed E-state index contributed by atoms with van der Waals surface area (Å²) >= 11 is 12.9. The minimum Gasteiger partial charge on any atom is -0.352 e. The molecule has 0 unspecified atom stereocenters. The number of nitro benzene ring substituents is 1. The highest BCUT2D eigenvalue weighted by Crippen LogP contribution is 2.28. The average Bonchev–Trinajstić information content (AvgIpc) is 2.88. The lowest BCUT2D eigenvalue weighted by molar-refractivity contribution is -0.385. The number of nitrogens with zero attached hydrogens (tertiary/aromatic N) is 2. The third-order valence-electron chi connectivity index (χ3n) is 6.19. The SMILES string of the molecule is CC[C@H](C)NC(=O)[C@@H](Cc1ccccc1)N(Cc1c(Cl)cccc1Cl)C(=O)Cc1ccccc1[N+](=O)[O-]. The van der Waals surface area contributed by atoms with Crippen molar-refractivity contribution < 1.29 is 14.5 Å². The van der Waals surface area contributed by atoms with E-state index >= 15 is 0 Å². The first-order chi connectivity index (χ1) is 17.7. The Morgan fingerprint density at radius 2 is 1.59 bits per heavy atom. The van der Waals surface area contributed by atoms with E-state index in [9.17, 15) is 19.7 Å². The van der Waals surface area contributed by atoms with E-state index in [1.165, 1.54) is 11.0 Å². The van der Waals surface area contributed by atoms with Crippen LogP contribution in [0.15, 0.2) is 72.8 Å². The molecule has 3 aromatic carbocycles. The van der Waals surface area contributed by atoms with E-state index in [4.69, 9.17) is 23.2 Å². The van der Waals surface area contributed by atoms with Crippen LogP contribution < -0.4 is 5.32 Å². The fourth-order valence-corrected chi connectivity index (χ4v) is 4.47. The fourth-order valence-electron chi connectivity index (χ4n) is 3.95. The molecule has 0 aliphatic rings. The Hall–Kier alpha value is -3.42. The first kappa shape index (κ1) is 28.2. The predicted molar refractivity (Wildman–Crippen MR) is 146 cm³/mol. The third-order valence-corrected chi connectivity index (χ3v) is 6.90. The summed E-state index contributed by atoms with van der Waals surface area (Å²) in [5, 5.41) is 15.3. The van der Waals surface area contributed by atoms with Crippen LogP contribution in [0.5, 0.6) is 0 Å². The topological polar surface area (TPSA) is 92.6 Å². The number of amides is 2. The molecule has 0 saturated carbocycles. The van der Waals surface area contributed by atoms with Gasteiger partial charge in [-0.3, -0.25) is 19.7 Å². The highest BCUT2D eigenvalue weighted by molar-refractivity contribution is 6.36. The molecule has 0 spiro atoms. The largest absolute Gasteiger partial charge is 0.352 e. The van der Waals surface area contributed by atoms with Gasteiger partial charge in [0.15, 0.2) is 0 Å². The van der Waals surface area contributed by atoms with E-state index in [1.54, 1.807) is 36.4 Å². The highest BCUT2D eigenvalue weighted by Gasteiger charge is 2.32. The molecule has 0 saturated heterocycles. The van der Waals surface area contributed by atoms with Gasteiger partial charge in [0.25, 0.3) is 5.69 Å². The Labute approximate surface area is 226 Å². The number of carbonyl (C=O) groups is 2. The molecule has 194 valence electrons. The van der Waals surface area contributed by atoms with Gasteiger partial charge in [-0.2, -0.15) is 0 Å². The number of rotatable bonds is 11. The smallest absolute Gasteiger partial charge is 0.273 e. The Morgan fingerprint density at radius 1 is 0.973 bits per heavy atom. The molecule has 2 amide bonds. The third kappa shape index (κ3) is 7.54. The van der Waals surface area contributed by atoms with E-state index < -0.39 is 16.9 Å². The Balaban J connectivity index is 2.07. The second-order valence-electron chi connectivity index (χ2n) is 8.81. The minimum absolute atomic E-state index is 0.0383. The highest BCUT2D eigenvalue weighted by atomic mass is 35.5. The van der Waals surface area contributed by atoms with Crippen molar-refractivity contribution in [2.75, 3.05) is 0 Å². The van der Waals surface area contributed by atoms with Gasteiger partial charge in [0, 0.05) is 46.2 Å². The van der Waals surface area contributed by atoms with Crippen LogP contribution in [-0.2, 0) is 29.0 Å². The van der Waals surface area contributed by atoms with Crippen molar-refractivity contribution in [1.82, 2.24) is 10.2 Å². The van der Waals surface area contributed by atoms with Crippen LogP contribution in [0.25, 0.3) is 0 Å². The molecule has 0 aliphatic carbocycles. The summed E-state index contributed by atoms with van der Waals surface area (Å²) in [4.78, 5) is 39.9. The normalized spacial score (nSPS) is 12.4. The summed E-state index contributed by atoms with van der Waals surface area (Å²) in [6.07, 6.45) is 0.694. The number of hydrogen-bond donors (Lipinski definition) is 1. The van der Waals surface area contributed by atoms with Crippen LogP contribution in [0.2, 0.25) is 10.0 Å². The summed E-state index contributed by atoms with van der Waals surface area (Å²) in [5.41, 5.74) is 1.46. The molecule has 0 bridgehead atoms. The molecule has 3 rings (SSSR count). The van der Waals surface area contributed by atoms with Crippen molar-refractivity contribution in [3.63, 3.8) is 0 Å². The lowest BCUT2D eigenvalue weighted by atomic mass is 10.0. The van der Waals surface area contributed by atoms with Gasteiger partial charge in [-0.25, -0.2) is 0 Å². The zero-order chi connectivity index (χ0) is 26.9. The Kier molecular flexibility index (Phi) is 10.1. The maximum Gasteiger partial charge on any atom is 0.273 e. The number of carbonyl (C=O) groups excluding carboxylic acids is 2. The number of hydrogen-bond acceptors (Lipinski definition) is 4. The van der Waals surface area contributed by atoms with Crippen molar-refractivity contribution in [3.8, 4) is 0 Å².